The monoisotopic (exact) mass is 180 g/mol. The first-order valence-electron chi connectivity index (χ1n) is 3.90. The van der Waals surface area contributed by atoms with Crippen molar-refractivity contribution in [3.8, 4) is 0 Å². The zero-order valence-corrected chi connectivity index (χ0v) is 7.99. The van der Waals surface area contributed by atoms with Gasteiger partial charge in [0.25, 0.3) is 10.1 Å². The Balaban J connectivity index is 3.39. The highest BCUT2D eigenvalue weighted by atomic mass is 32.2. The molecule has 0 bridgehead atoms. The van der Waals surface area contributed by atoms with E-state index in [0.29, 0.717) is 6.42 Å². The molecule has 3 nitrogen and oxygen atoms in total. The highest BCUT2D eigenvalue weighted by Gasteiger charge is 2.06. The number of unbranched alkanes of at least 4 members (excludes halogenated alkanes) is 3. The van der Waals surface area contributed by atoms with Crippen LogP contribution < -0.4 is 0 Å². The van der Waals surface area contributed by atoms with Crippen molar-refractivity contribution >= 4 is 10.1 Å². The molecule has 68 valence electrons. The van der Waals surface area contributed by atoms with Crippen LogP contribution in [0.4, 0.5) is 0 Å². The molecule has 0 unspecified atom stereocenters. The molecule has 0 N–H and O–H groups in total. The van der Waals surface area contributed by atoms with Gasteiger partial charge in [0.15, 0.2) is 0 Å². The average Bonchev–Trinajstić information content (AvgIpc) is 1.99. The second-order valence-corrected chi connectivity index (χ2v) is 4.35. The van der Waals surface area contributed by atoms with Gasteiger partial charge < -0.3 is 0 Å². The largest absolute Gasteiger partial charge is 0.273 e. The van der Waals surface area contributed by atoms with Gasteiger partial charge in [-0.2, -0.15) is 8.42 Å². The third-order valence-electron chi connectivity index (χ3n) is 1.50. The molecule has 0 rings (SSSR count). The first-order chi connectivity index (χ1) is 5.12. The molecule has 0 aromatic carbocycles. The second kappa shape index (κ2) is 5.55. The van der Waals surface area contributed by atoms with E-state index in [9.17, 15) is 8.42 Å². The maximum atomic E-state index is 10.7. The summed E-state index contributed by atoms with van der Waals surface area (Å²) in [5, 5.41) is 0. The summed E-state index contributed by atoms with van der Waals surface area (Å²) in [7, 11) is -2.00. The standard InChI is InChI=1S/C7H16O3S/c1-3-4-5-6-7-11(8,9)10-2/h3-7H2,1-2H3. The van der Waals surface area contributed by atoms with Crippen LogP contribution in [0.3, 0.4) is 0 Å². The summed E-state index contributed by atoms with van der Waals surface area (Å²) in [6, 6.07) is 0. The molecule has 0 saturated heterocycles. The van der Waals surface area contributed by atoms with Crippen LogP contribution in [0.2, 0.25) is 0 Å². The fourth-order valence-electron chi connectivity index (χ4n) is 0.789. The van der Waals surface area contributed by atoms with Gasteiger partial charge in [0.05, 0.1) is 12.9 Å². The van der Waals surface area contributed by atoms with E-state index in [1.165, 1.54) is 7.11 Å². The maximum Gasteiger partial charge on any atom is 0.267 e. The van der Waals surface area contributed by atoms with E-state index < -0.39 is 10.1 Å². The van der Waals surface area contributed by atoms with Crippen molar-refractivity contribution in [2.24, 2.45) is 0 Å². The molecule has 0 aliphatic rings. The van der Waals surface area contributed by atoms with Crippen molar-refractivity contribution in [1.82, 2.24) is 0 Å². The Morgan fingerprint density at radius 2 is 1.82 bits per heavy atom. The molecule has 0 aliphatic heterocycles. The van der Waals surface area contributed by atoms with Gasteiger partial charge in [-0.1, -0.05) is 26.2 Å². The predicted octanol–water partition coefficient (Wildman–Crippen LogP) is 1.54. The molecular weight excluding hydrogens is 164 g/mol. The predicted molar refractivity (Wildman–Crippen MR) is 44.9 cm³/mol. The van der Waals surface area contributed by atoms with Gasteiger partial charge in [-0.05, 0) is 6.42 Å². The van der Waals surface area contributed by atoms with Gasteiger partial charge in [-0.15, -0.1) is 0 Å². The van der Waals surface area contributed by atoms with E-state index in [1.54, 1.807) is 0 Å². The Morgan fingerprint density at radius 3 is 2.27 bits per heavy atom. The van der Waals surface area contributed by atoms with Crippen LogP contribution in [0, 0.1) is 0 Å². The zero-order chi connectivity index (χ0) is 8.74. The highest BCUT2D eigenvalue weighted by molar-refractivity contribution is 7.86. The Labute approximate surface area is 68.9 Å². The van der Waals surface area contributed by atoms with Crippen LogP contribution in [-0.4, -0.2) is 21.3 Å². The van der Waals surface area contributed by atoms with Gasteiger partial charge in [-0.25, -0.2) is 0 Å². The lowest BCUT2D eigenvalue weighted by Crippen LogP contribution is -2.07. The number of rotatable bonds is 6. The van der Waals surface area contributed by atoms with Crippen molar-refractivity contribution in [3.63, 3.8) is 0 Å². The molecule has 0 atom stereocenters. The molecule has 4 heteroatoms. The van der Waals surface area contributed by atoms with Gasteiger partial charge in [0, 0.05) is 0 Å². The summed E-state index contributed by atoms with van der Waals surface area (Å²) in [5.74, 6) is 0.156. The molecule has 0 amide bonds. The van der Waals surface area contributed by atoms with E-state index in [0.717, 1.165) is 19.3 Å². The Morgan fingerprint density at radius 1 is 1.18 bits per heavy atom. The lowest BCUT2D eigenvalue weighted by molar-refractivity contribution is 0.396. The molecule has 11 heavy (non-hydrogen) atoms. The molecule has 0 saturated carbocycles. The lowest BCUT2D eigenvalue weighted by Gasteiger charge is -1.99. The molecule has 0 aliphatic carbocycles. The van der Waals surface area contributed by atoms with E-state index >= 15 is 0 Å². The van der Waals surface area contributed by atoms with E-state index in [-0.39, 0.29) is 5.75 Å². The number of hydrogen-bond donors (Lipinski definition) is 0. The summed E-state index contributed by atoms with van der Waals surface area (Å²) in [4.78, 5) is 0. The Hall–Kier alpha value is -0.0900. The minimum Gasteiger partial charge on any atom is -0.273 e. The summed E-state index contributed by atoms with van der Waals surface area (Å²) in [6.07, 6.45) is 3.90. The van der Waals surface area contributed by atoms with Gasteiger partial charge in [0.2, 0.25) is 0 Å². The normalized spacial score (nSPS) is 11.8. The minimum atomic E-state index is -3.20. The summed E-state index contributed by atoms with van der Waals surface area (Å²) < 4.78 is 25.8. The SMILES string of the molecule is CCCCCCS(=O)(=O)OC. The van der Waals surface area contributed by atoms with Crippen LogP contribution in [-0.2, 0) is 14.3 Å². The second-order valence-electron chi connectivity index (χ2n) is 2.49. The van der Waals surface area contributed by atoms with Crippen LogP contribution in [0.15, 0.2) is 0 Å². The summed E-state index contributed by atoms with van der Waals surface area (Å²) in [5.41, 5.74) is 0. The first-order valence-corrected chi connectivity index (χ1v) is 5.48. The fraction of sp³-hybridized carbons (Fsp3) is 1.00. The van der Waals surface area contributed by atoms with E-state index in [4.69, 9.17) is 0 Å². The van der Waals surface area contributed by atoms with Gasteiger partial charge >= 0.3 is 0 Å². The Bertz CT molecular complexity index is 172. The van der Waals surface area contributed by atoms with E-state index in [2.05, 4.69) is 11.1 Å². The summed E-state index contributed by atoms with van der Waals surface area (Å²) in [6.45, 7) is 2.09. The minimum absolute atomic E-state index is 0.156. The average molecular weight is 180 g/mol. The van der Waals surface area contributed by atoms with Crippen molar-refractivity contribution in [3.05, 3.63) is 0 Å². The maximum absolute atomic E-state index is 10.7. The summed E-state index contributed by atoms with van der Waals surface area (Å²) >= 11 is 0. The van der Waals surface area contributed by atoms with E-state index in [1.807, 2.05) is 0 Å². The number of hydrogen-bond acceptors (Lipinski definition) is 3. The molecule has 0 heterocycles. The third kappa shape index (κ3) is 6.31. The van der Waals surface area contributed by atoms with Crippen molar-refractivity contribution in [2.45, 2.75) is 32.6 Å². The molecule has 0 spiro atoms. The quantitative estimate of drug-likeness (QED) is 0.460. The van der Waals surface area contributed by atoms with Crippen LogP contribution in [0.25, 0.3) is 0 Å². The highest BCUT2D eigenvalue weighted by Crippen LogP contribution is 2.02. The van der Waals surface area contributed by atoms with Crippen LogP contribution in [0.5, 0.6) is 0 Å². The first kappa shape index (κ1) is 10.9. The van der Waals surface area contributed by atoms with Gasteiger partial charge in [-0.3, -0.25) is 4.18 Å². The molecule has 0 aromatic heterocycles. The van der Waals surface area contributed by atoms with Crippen LogP contribution >= 0.6 is 0 Å². The third-order valence-corrected chi connectivity index (χ3v) is 2.80. The Kier molecular flexibility index (Phi) is 5.50. The molecular formula is C7H16O3S. The van der Waals surface area contributed by atoms with Crippen LogP contribution in [0.1, 0.15) is 32.6 Å². The molecule has 0 radical (unpaired) electrons. The van der Waals surface area contributed by atoms with Gasteiger partial charge in [0.1, 0.15) is 0 Å². The molecule has 0 fully saturated rings. The smallest absolute Gasteiger partial charge is 0.267 e. The lowest BCUT2D eigenvalue weighted by atomic mass is 10.2. The topological polar surface area (TPSA) is 43.4 Å². The zero-order valence-electron chi connectivity index (χ0n) is 7.17. The van der Waals surface area contributed by atoms with Crippen molar-refractivity contribution in [1.29, 1.82) is 0 Å². The fourth-order valence-corrected chi connectivity index (χ4v) is 1.51. The van der Waals surface area contributed by atoms with Crippen molar-refractivity contribution < 1.29 is 12.6 Å². The molecule has 0 aromatic rings. The van der Waals surface area contributed by atoms with Crippen molar-refractivity contribution in [2.75, 3.05) is 12.9 Å².